The fraction of sp³-hybridized carbons (Fsp3) is 0.214. The minimum atomic E-state index is -4.21. The van der Waals surface area contributed by atoms with Crippen LogP contribution in [0.3, 0.4) is 0 Å². The third kappa shape index (κ3) is 9.33. The Morgan fingerprint density at radius 1 is 0.750 bits per heavy atom. The van der Waals surface area contributed by atoms with Crippen molar-refractivity contribution >= 4 is 34.2 Å². The molecule has 11 nitrogen and oxygen atoms in total. The third-order valence-electron chi connectivity index (χ3n) is 5.20. The van der Waals surface area contributed by atoms with Gasteiger partial charge in [0.05, 0.1) is 29.2 Å². The summed E-state index contributed by atoms with van der Waals surface area (Å²) >= 11 is 0. The first kappa shape index (κ1) is 30.0. The van der Waals surface area contributed by atoms with E-state index >= 15 is 0 Å². The summed E-state index contributed by atoms with van der Waals surface area (Å²) in [7, 11) is -2.99. The van der Waals surface area contributed by atoms with E-state index in [1.807, 2.05) is 0 Å². The van der Waals surface area contributed by atoms with E-state index < -0.39 is 52.9 Å². The van der Waals surface area contributed by atoms with Crippen molar-refractivity contribution in [2.45, 2.75) is 18.3 Å². The maximum Gasteiger partial charge on any atom is 0.338 e. The molecule has 0 heterocycles. The molecule has 12 heteroatoms. The van der Waals surface area contributed by atoms with E-state index in [9.17, 15) is 22.8 Å². The lowest BCUT2D eigenvalue weighted by molar-refractivity contribution is -0.0683. The second kappa shape index (κ2) is 14.6. The monoisotopic (exact) mass is 569 g/mol. The zero-order valence-electron chi connectivity index (χ0n) is 21.6. The van der Waals surface area contributed by atoms with Gasteiger partial charge >= 0.3 is 17.9 Å². The van der Waals surface area contributed by atoms with Crippen LogP contribution >= 0.6 is 0 Å². The largest absolute Gasteiger partial charge is 0.459 e. The van der Waals surface area contributed by atoms with Gasteiger partial charge in [-0.3, -0.25) is 4.18 Å². The first-order valence-electron chi connectivity index (χ1n) is 11.9. The van der Waals surface area contributed by atoms with Gasteiger partial charge in [0.1, 0.15) is 13.7 Å². The quantitative estimate of drug-likeness (QED) is 0.0989. The molecular weight excluding hydrogens is 542 g/mol. The number of carbonyl (C=O) groups excluding carboxylic acids is 3. The SMILES string of the molecule is CO/N=C/[C@H](OC(=O)c1ccccc1)[C@H](OC(=O)c1ccccc1)[C@@H](COC(=O)c1ccccc1)OS(C)(=O)=O. The van der Waals surface area contributed by atoms with Gasteiger partial charge < -0.3 is 19.0 Å². The number of nitrogens with zero attached hydrogens (tertiary/aromatic N) is 1. The van der Waals surface area contributed by atoms with Crippen molar-refractivity contribution in [3.8, 4) is 0 Å². The van der Waals surface area contributed by atoms with Crippen LogP contribution in [0, 0.1) is 0 Å². The average Bonchev–Trinajstić information content (AvgIpc) is 2.96. The number of hydrogen-bond acceptors (Lipinski definition) is 11. The highest BCUT2D eigenvalue weighted by Gasteiger charge is 2.39. The highest BCUT2D eigenvalue weighted by molar-refractivity contribution is 7.86. The smallest absolute Gasteiger partial charge is 0.338 e. The first-order valence-corrected chi connectivity index (χ1v) is 13.7. The Balaban J connectivity index is 1.99. The molecule has 0 aliphatic carbocycles. The van der Waals surface area contributed by atoms with Crippen LogP contribution in [-0.2, 0) is 33.3 Å². The van der Waals surface area contributed by atoms with E-state index in [4.69, 9.17) is 23.2 Å². The molecule has 210 valence electrons. The molecule has 0 saturated carbocycles. The van der Waals surface area contributed by atoms with E-state index in [0.29, 0.717) is 0 Å². The van der Waals surface area contributed by atoms with Crippen molar-refractivity contribution in [3.05, 3.63) is 108 Å². The van der Waals surface area contributed by atoms with Gasteiger partial charge in [-0.2, -0.15) is 8.42 Å². The van der Waals surface area contributed by atoms with Crippen molar-refractivity contribution in [1.29, 1.82) is 0 Å². The van der Waals surface area contributed by atoms with Gasteiger partial charge in [0.15, 0.2) is 18.3 Å². The highest BCUT2D eigenvalue weighted by Crippen LogP contribution is 2.19. The third-order valence-corrected chi connectivity index (χ3v) is 5.79. The molecule has 0 aliphatic rings. The predicted octanol–water partition coefficient (Wildman–Crippen LogP) is 3.27. The normalized spacial score (nSPS) is 13.6. The number of benzene rings is 3. The lowest BCUT2D eigenvalue weighted by atomic mass is 10.1. The van der Waals surface area contributed by atoms with Crippen LogP contribution < -0.4 is 0 Å². The zero-order valence-corrected chi connectivity index (χ0v) is 22.4. The molecule has 0 N–H and O–H groups in total. The average molecular weight is 570 g/mol. The highest BCUT2D eigenvalue weighted by atomic mass is 32.2. The van der Waals surface area contributed by atoms with Crippen LogP contribution in [0.5, 0.6) is 0 Å². The molecule has 0 spiro atoms. The summed E-state index contributed by atoms with van der Waals surface area (Å²) in [5, 5.41) is 3.64. The summed E-state index contributed by atoms with van der Waals surface area (Å²) < 4.78 is 46.2. The minimum absolute atomic E-state index is 0.115. The Hall–Kier alpha value is -4.55. The molecule has 0 aromatic heterocycles. The summed E-state index contributed by atoms with van der Waals surface area (Å²) in [5.74, 6) is -2.53. The maximum absolute atomic E-state index is 13.1. The van der Waals surface area contributed by atoms with Gasteiger partial charge in [-0.05, 0) is 36.4 Å². The molecule has 40 heavy (non-hydrogen) atoms. The lowest BCUT2D eigenvalue weighted by Gasteiger charge is -2.30. The van der Waals surface area contributed by atoms with Gasteiger partial charge in [0, 0.05) is 0 Å². The van der Waals surface area contributed by atoms with E-state index in [0.717, 1.165) is 12.5 Å². The molecule has 0 aliphatic heterocycles. The van der Waals surface area contributed by atoms with E-state index in [-0.39, 0.29) is 16.7 Å². The maximum atomic E-state index is 13.1. The van der Waals surface area contributed by atoms with Crippen LogP contribution in [0.15, 0.2) is 96.2 Å². The summed E-state index contributed by atoms with van der Waals surface area (Å²) in [4.78, 5) is 43.3. The Bertz CT molecular complexity index is 1400. The van der Waals surface area contributed by atoms with Gasteiger partial charge in [-0.1, -0.05) is 59.8 Å². The lowest BCUT2D eigenvalue weighted by Crippen LogP contribution is -2.48. The van der Waals surface area contributed by atoms with Crippen LogP contribution in [0.2, 0.25) is 0 Å². The minimum Gasteiger partial charge on any atom is -0.459 e. The Kier molecular flexibility index (Phi) is 10.9. The number of hydrogen-bond donors (Lipinski definition) is 0. The van der Waals surface area contributed by atoms with Gasteiger partial charge in [0.2, 0.25) is 0 Å². The molecule has 0 fully saturated rings. The molecule has 3 aromatic carbocycles. The van der Waals surface area contributed by atoms with Crippen molar-refractivity contribution < 1.29 is 46.0 Å². The van der Waals surface area contributed by atoms with Crippen LogP contribution in [-0.4, -0.2) is 70.8 Å². The van der Waals surface area contributed by atoms with Crippen molar-refractivity contribution in [3.63, 3.8) is 0 Å². The zero-order chi connectivity index (χ0) is 29.0. The van der Waals surface area contributed by atoms with Crippen molar-refractivity contribution in [2.24, 2.45) is 5.16 Å². The van der Waals surface area contributed by atoms with Gasteiger partial charge in [0.25, 0.3) is 10.1 Å². The summed E-state index contributed by atoms with van der Waals surface area (Å²) in [6.45, 7) is -0.701. The standard InChI is InChI=1S/C28H27NO10S/c1-35-29-18-23(37-27(31)21-14-8-4-9-15-21)25(38-28(32)22-16-10-5-11-17-22)24(39-40(2,33)34)19-36-26(30)20-12-6-3-7-13-20/h3-18,23-25H,19H2,1-2H3/b29-18+/t23-,24+,25-/m0/s1. The Labute approximate surface area is 231 Å². The molecule has 0 unspecified atom stereocenters. The Morgan fingerprint density at radius 3 is 1.65 bits per heavy atom. The van der Waals surface area contributed by atoms with E-state index in [1.165, 1.54) is 43.5 Å². The molecule has 3 atom stereocenters. The molecule has 0 saturated heterocycles. The Morgan fingerprint density at radius 2 is 1.20 bits per heavy atom. The van der Waals surface area contributed by atoms with E-state index in [1.54, 1.807) is 54.6 Å². The second-order valence-electron chi connectivity index (χ2n) is 8.21. The molecule has 0 bridgehead atoms. The number of esters is 3. The number of rotatable bonds is 13. The van der Waals surface area contributed by atoms with Crippen LogP contribution in [0.25, 0.3) is 0 Å². The molecule has 3 aromatic rings. The van der Waals surface area contributed by atoms with Crippen molar-refractivity contribution in [1.82, 2.24) is 0 Å². The molecule has 0 radical (unpaired) electrons. The summed E-state index contributed by atoms with van der Waals surface area (Å²) in [6.07, 6.45) is -3.10. The second-order valence-corrected chi connectivity index (χ2v) is 9.81. The summed E-state index contributed by atoms with van der Waals surface area (Å²) in [6, 6.07) is 23.6. The van der Waals surface area contributed by atoms with Crippen LogP contribution in [0.1, 0.15) is 31.1 Å². The molecule has 3 rings (SSSR count). The first-order chi connectivity index (χ1) is 19.2. The topological polar surface area (TPSA) is 144 Å². The van der Waals surface area contributed by atoms with E-state index in [2.05, 4.69) is 5.16 Å². The van der Waals surface area contributed by atoms with Gasteiger partial charge in [-0.15, -0.1) is 0 Å². The molecular formula is C28H27NO10S. The predicted molar refractivity (Wildman–Crippen MR) is 143 cm³/mol. The number of carbonyl (C=O) groups is 3. The summed E-state index contributed by atoms with van der Waals surface area (Å²) in [5.41, 5.74) is 0.456. The number of oxime groups is 1. The van der Waals surface area contributed by atoms with Gasteiger partial charge in [-0.25, -0.2) is 14.4 Å². The van der Waals surface area contributed by atoms with Crippen LogP contribution in [0.4, 0.5) is 0 Å². The van der Waals surface area contributed by atoms with Crippen molar-refractivity contribution in [2.75, 3.05) is 20.0 Å². The number of ether oxygens (including phenoxy) is 3. The fourth-order valence-electron chi connectivity index (χ4n) is 3.41. The molecule has 0 amide bonds. The fourth-order valence-corrected chi connectivity index (χ4v) is 4.02.